The zero-order valence-electron chi connectivity index (χ0n) is 13.2. The molecule has 126 valence electrons. The van der Waals surface area contributed by atoms with Gasteiger partial charge in [-0.3, -0.25) is 4.90 Å². The number of hydrogen-bond donors (Lipinski definition) is 1. The molecule has 1 aromatic carbocycles. The zero-order valence-corrected chi connectivity index (χ0v) is 14.0. The van der Waals surface area contributed by atoms with Gasteiger partial charge in [-0.1, -0.05) is 32.9 Å². The van der Waals surface area contributed by atoms with E-state index in [0.29, 0.717) is 0 Å². The molecule has 2 rings (SSSR count). The van der Waals surface area contributed by atoms with Crippen molar-refractivity contribution >= 4 is 12.4 Å². The third-order valence-electron chi connectivity index (χ3n) is 3.87. The van der Waals surface area contributed by atoms with Crippen LogP contribution in [-0.4, -0.2) is 31.1 Å². The number of nitrogens with zero attached hydrogens (tertiary/aromatic N) is 1. The predicted octanol–water partition coefficient (Wildman–Crippen LogP) is 4.12. The fourth-order valence-electron chi connectivity index (χ4n) is 3.08. The molecule has 0 saturated carbocycles. The summed E-state index contributed by atoms with van der Waals surface area (Å²) in [5.41, 5.74) is 0.0604. The van der Waals surface area contributed by atoms with Crippen LogP contribution in [0.3, 0.4) is 0 Å². The Hall–Kier alpha value is -0.780. The molecule has 0 aromatic heterocycles. The molecule has 1 N–H and O–H groups in total. The Labute approximate surface area is 136 Å². The molecule has 1 aromatic rings. The van der Waals surface area contributed by atoms with Crippen LogP contribution >= 0.6 is 12.4 Å². The van der Waals surface area contributed by atoms with Crippen LogP contribution in [0, 0.1) is 5.41 Å². The number of halogens is 4. The van der Waals surface area contributed by atoms with Crippen molar-refractivity contribution in [1.82, 2.24) is 10.2 Å². The predicted molar refractivity (Wildman–Crippen MR) is 85.3 cm³/mol. The first kappa shape index (κ1) is 19.3. The molecule has 0 radical (unpaired) electrons. The maximum Gasteiger partial charge on any atom is 0.416 e. The molecule has 1 aliphatic rings. The fraction of sp³-hybridized carbons (Fsp3) is 0.625. The van der Waals surface area contributed by atoms with E-state index in [1.807, 2.05) is 6.07 Å². The van der Waals surface area contributed by atoms with E-state index in [1.54, 1.807) is 0 Å². The van der Waals surface area contributed by atoms with Gasteiger partial charge in [-0.2, -0.15) is 13.2 Å². The first-order valence-electron chi connectivity index (χ1n) is 7.31. The average molecular weight is 337 g/mol. The number of alkyl halides is 3. The number of piperazine rings is 1. The van der Waals surface area contributed by atoms with Gasteiger partial charge in [0, 0.05) is 32.2 Å². The van der Waals surface area contributed by atoms with Crippen LogP contribution in [0.1, 0.15) is 37.9 Å². The third kappa shape index (κ3) is 4.61. The largest absolute Gasteiger partial charge is 0.416 e. The van der Waals surface area contributed by atoms with E-state index in [2.05, 4.69) is 31.0 Å². The summed E-state index contributed by atoms with van der Waals surface area (Å²) < 4.78 is 38.8. The maximum absolute atomic E-state index is 12.9. The molecule has 1 heterocycles. The van der Waals surface area contributed by atoms with Crippen molar-refractivity contribution in [2.24, 2.45) is 5.41 Å². The maximum atomic E-state index is 12.9. The number of benzene rings is 1. The summed E-state index contributed by atoms with van der Waals surface area (Å²) in [4.78, 5) is 2.28. The molecule has 1 atom stereocenters. The van der Waals surface area contributed by atoms with Crippen molar-refractivity contribution in [3.05, 3.63) is 35.4 Å². The number of nitrogens with one attached hydrogen (secondary N) is 1. The van der Waals surface area contributed by atoms with E-state index in [9.17, 15) is 13.2 Å². The van der Waals surface area contributed by atoms with Gasteiger partial charge in [0.2, 0.25) is 0 Å². The monoisotopic (exact) mass is 336 g/mol. The summed E-state index contributed by atoms with van der Waals surface area (Å²) in [6.07, 6.45) is -4.29. The molecule has 0 spiro atoms. The van der Waals surface area contributed by atoms with Gasteiger partial charge in [0.05, 0.1) is 5.56 Å². The molecular weight excluding hydrogens is 313 g/mol. The van der Waals surface area contributed by atoms with Crippen LogP contribution < -0.4 is 5.32 Å². The third-order valence-corrected chi connectivity index (χ3v) is 3.87. The van der Waals surface area contributed by atoms with Crippen LogP contribution in [0.25, 0.3) is 0 Å². The van der Waals surface area contributed by atoms with Gasteiger partial charge in [0.25, 0.3) is 0 Å². The fourth-order valence-corrected chi connectivity index (χ4v) is 3.08. The molecule has 1 saturated heterocycles. The van der Waals surface area contributed by atoms with Crippen molar-refractivity contribution < 1.29 is 13.2 Å². The standard InChI is InChI=1S/C16H23F3N2.ClH/c1-15(2,3)14(21-9-7-20-8-10-21)12-5-4-6-13(11-12)16(17,18)19;/h4-6,11,14,20H,7-10H2,1-3H3;1H/t14-;/m0./s1. The summed E-state index contributed by atoms with van der Waals surface area (Å²) in [5.74, 6) is 0. The lowest BCUT2D eigenvalue weighted by molar-refractivity contribution is -0.137. The second kappa shape index (κ2) is 7.20. The smallest absolute Gasteiger partial charge is 0.314 e. The summed E-state index contributed by atoms with van der Waals surface area (Å²) in [5, 5.41) is 3.29. The lowest BCUT2D eigenvalue weighted by Gasteiger charge is -2.42. The Balaban J connectivity index is 0.00000242. The Morgan fingerprint density at radius 1 is 1.09 bits per heavy atom. The highest BCUT2D eigenvalue weighted by Gasteiger charge is 2.35. The highest BCUT2D eigenvalue weighted by molar-refractivity contribution is 5.85. The average Bonchev–Trinajstić information content (AvgIpc) is 2.38. The van der Waals surface area contributed by atoms with Crippen molar-refractivity contribution in [3.8, 4) is 0 Å². The van der Waals surface area contributed by atoms with Crippen LogP contribution in [0.5, 0.6) is 0 Å². The van der Waals surface area contributed by atoms with E-state index in [1.165, 1.54) is 12.1 Å². The second-order valence-electron chi connectivity index (χ2n) is 6.68. The Morgan fingerprint density at radius 3 is 2.18 bits per heavy atom. The summed E-state index contributed by atoms with van der Waals surface area (Å²) >= 11 is 0. The van der Waals surface area contributed by atoms with E-state index in [0.717, 1.165) is 37.8 Å². The second-order valence-corrected chi connectivity index (χ2v) is 6.68. The van der Waals surface area contributed by atoms with Gasteiger partial charge in [0.1, 0.15) is 0 Å². The van der Waals surface area contributed by atoms with Gasteiger partial charge >= 0.3 is 6.18 Å². The quantitative estimate of drug-likeness (QED) is 0.874. The first-order valence-corrected chi connectivity index (χ1v) is 7.31. The molecule has 0 unspecified atom stereocenters. The Kier molecular flexibility index (Phi) is 6.30. The lowest BCUT2D eigenvalue weighted by Crippen LogP contribution is -2.48. The molecule has 22 heavy (non-hydrogen) atoms. The van der Waals surface area contributed by atoms with Crippen LogP contribution in [0.4, 0.5) is 13.2 Å². The van der Waals surface area contributed by atoms with Gasteiger partial charge in [-0.05, 0) is 23.1 Å². The van der Waals surface area contributed by atoms with Crippen LogP contribution in [0.15, 0.2) is 24.3 Å². The molecule has 1 fully saturated rings. The molecule has 2 nitrogen and oxygen atoms in total. The van der Waals surface area contributed by atoms with E-state index >= 15 is 0 Å². The topological polar surface area (TPSA) is 15.3 Å². The number of rotatable bonds is 2. The molecule has 0 aliphatic carbocycles. The first-order chi connectivity index (χ1) is 9.69. The zero-order chi connectivity index (χ0) is 15.7. The van der Waals surface area contributed by atoms with E-state index in [4.69, 9.17) is 0 Å². The number of hydrogen-bond acceptors (Lipinski definition) is 2. The summed E-state index contributed by atoms with van der Waals surface area (Å²) in [6, 6.07) is 5.76. The van der Waals surface area contributed by atoms with Gasteiger partial charge in [-0.15, -0.1) is 12.4 Å². The lowest BCUT2D eigenvalue weighted by atomic mass is 9.80. The van der Waals surface area contributed by atoms with Crippen LogP contribution in [0.2, 0.25) is 0 Å². The Bertz CT molecular complexity index is 477. The Morgan fingerprint density at radius 2 is 1.68 bits per heavy atom. The minimum absolute atomic E-state index is 0. The van der Waals surface area contributed by atoms with E-state index in [-0.39, 0.29) is 23.9 Å². The van der Waals surface area contributed by atoms with Crippen molar-refractivity contribution in [1.29, 1.82) is 0 Å². The van der Waals surface area contributed by atoms with Crippen LogP contribution in [-0.2, 0) is 6.18 Å². The minimum Gasteiger partial charge on any atom is -0.314 e. The summed E-state index contributed by atoms with van der Waals surface area (Å²) in [7, 11) is 0. The summed E-state index contributed by atoms with van der Waals surface area (Å²) in [6.45, 7) is 9.73. The van der Waals surface area contributed by atoms with Crippen molar-refractivity contribution in [2.75, 3.05) is 26.2 Å². The molecule has 6 heteroatoms. The van der Waals surface area contributed by atoms with Gasteiger partial charge in [-0.25, -0.2) is 0 Å². The normalized spacial score (nSPS) is 18.6. The SMILES string of the molecule is CC(C)(C)[C@H](c1cccc(C(F)(F)F)c1)N1CCNCC1.Cl. The molecule has 1 aliphatic heterocycles. The molecule has 0 amide bonds. The van der Waals surface area contributed by atoms with Crippen molar-refractivity contribution in [3.63, 3.8) is 0 Å². The highest BCUT2D eigenvalue weighted by Crippen LogP contribution is 2.40. The van der Waals surface area contributed by atoms with Crippen molar-refractivity contribution in [2.45, 2.75) is 33.0 Å². The van der Waals surface area contributed by atoms with Gasteiger partial charge < -0.3 is 5.32 Å². The van der Waals surface area contributed by atoms with E-state index < -0.39 is 11.7 Å². The van der Waals surface area contributed by atoms with Gasteiger partial charge in [0.15, 0.2) is 0 Å². The molecule has 0 bridgehead atoms. The minimum atomic E-state index is -4.29. The molecular formula is C16H24ClF3N2. The highest BCUT2D eigenvalue weighted by atomic mass is 35.5.